The minimum Gasteiger partial charge on any atom is -0.378 e. The Hall–Kier alpha value is -2.67. The van der Waals surface area contributed by atoms with Gasteiger partial charge in [-0.1, -0.05) is 15.9 Å². The molecule has 0 aliphatic rings. The van der Waals surface area contributed by atoms with Crippen molar-refractivity contribution in [2.45, 2.75) is 0 Å². The minimum absolute atomic E-state index is 0.437. The lowest BCUT2D eigenvalue weighted by atomic mass is 10.2. The van der Waals surface area contributed by atoms with E-state index in [2.05, 4.69) is 46.6 Å². The van der Waals surface area contributed by atoms with Gasteiger partial charge in [-0.15, -0.1) is 5.10 Å². The number of benzene rings is 2. The lowest BCUT2D eigenvalue weighted by molar-refractivity contribution is 0.982. The number of hydrogen-bond acceptors (Lipinski definition) is 6. The number of aromatic nitrogens is 3. The van der Waals surface area contributed by atoms with Crippen LogP contribution in [0.4, 0.5) is 28.8 Å². The Morgan fingerprint density at radius 2 is 1.50 bits per heavy atom. The number of anilines is 5. The van der Waals surface area contributed by atoms with Crippen LogP contribution in [0.5, 0.6) is 0 Å². The normalized spacial score (nSPS) is 10.3. The van der Waals surface area contributed by atoms with E-state index in [1.54, 1.807) is 6.20 Å². The predicted molar refractivity (Wildman–Crippen MR) is 101 cm³/mol. The summed E-state index contributed by atoms with van der Waals surface area (Å²) in [5.41, 5.74) is 2.97. The molecule has 0 aliphatic heterocycles. The SMILES string of the molecule is CN(C)c1ccc(Nc2cnnc(Nc3ccc(Br)cc3)n2)cc1. The summed E-state index contributed by atoms with van der Waals surface area (Å²) in [5.74, 6) is 1.06. The Labute approximate surface area is 149 Å². The Morgan fingerprint density at radius 1 is 0.875 bits per heavy atom. The third-order valence-corrected chi connectivity index (χ3v) is 3.84. The fourth-order valence-corrected chi connectivity index (χ4v) is 2.33. The van der Waals surface area contributed by atoms with Gasteiger partial charge in [0.05, 0.1) is 6.20 Å². The van der Waals surface area contributed by atoms with Crippen molar-refractivity contribution in [1.82, 2.24) is 15.2 Å². The first-order chi connectivity index (χ1) is 11.6. The standard InChI is InChI=1S/C17H17BrN6/c1-24(2)15-9-7-13(8-10-15)20-16-11-19-23-17(22-16)21-14-5-3-12(18)4-6-14/h3-11H,1-2H3,(H2,20,21,22,23). The minimum atomic E-state index is 0.437. The molecule has 0 saturated carbocycles. The van der Waals surface area contributed by atoms with E-state index in [1.165, 1.54) is 0 Å². The van der Waals surface area contributed by atoms with E-state index in [9.17, 15) is 0 Å². The summed E-state index contributed by atoms with van der Waals surface area (Å²) in [6.45, 7) is 0. The van der Waals surface area contributed by atoms with E-state index in [4.69, 9.17) is 0 Å². The number of halogens is 1. The third-order valence-electron chi connectivity index (χ3n) is 3.32. The summed E-state index contributed by atoms with van der Waals surface area (Å²) in [5, 5.41) is 14.3. The highest BCUT2D eigenvalue weighted by Crippen LogP contribution is 2.20. The second kappa shape index (κ2) is 7.27. The predicted octanol–water partition coefficient (Wildman–Crippen LogP) is 4.19. The van der Waals surface area contributed by atoms with Gasteiger partial charge in [0, 0.05) is 35.6 Å². The first-order valence-electron chi connectivity index (χ1n) is 7.37. The van der Waals surface area contributed by atoms with Gasteiger partial charge in [-0.2, -0.15) is 10.1 Å². The fourth-order valence-electron chi connectivity index (χ4n) is 2.07. The van der Waals surface area contributed by atoms with Gasteiger partial charge >= 0.3 is 0 Å². The van der Waals surface area contributed by atoms with Crippen molar-refractivity contribution in [3.63, 3.8) is 0 Å². The lowest BCUT2D eigenvalue weighted by Gasteiger charge is -2.13. The first kappa shape index (κ1) is 16.2. The van der Waals surface area contributed by atoms with Crippen molar-refractivity contribution in [2.75, 3.05) is 29.6 Å². The van der Waals surface area contributed by atoms with Crippen LogP contribution in [0.25, 0.3) is 0 Å². The highest BCUT2D eigenvalue weighted by molar-refractivity contribution is 9.10. The highest BCUT2D eigenvalue weighted by atomic mass is 79.9. The van der Waals surface area contributed by atoms with Crippen LogP contribution in [0.3, 0.4) is 0 Å². The molecular weight excluding hydrogens is 368 g/mol. The van der Waals surface area contributed by atoms with Crippen LogP contribution in [-0.2, 0) is 0 Å². The van der Waals surface area contributed by atoms with Crippen molar-refractivity contribution >= 4 is 44.8 Å². The van der Waals surface area contributed by atoms with Gasteiger partial charge in [0.1, 0.15) is 0 Å². The van der Waals surface area contributed by atoms with Gasteiger partial charge in [0.15, 0.2) is 5.82 Å². The maximum atomic E-state index is 4.43. The van der Waals surface area contributed by atoms with Gasteiger partial charge in [-0.05, 0) is 48.5 Å². The summed E-state index contributed by atoms with van der Waals surface area (Å²) >= 11 is 3.41. The van der Waals surface area contributed by atoms with E-state index in [0.717, 1.165) is 21.5 Å². The maximum Gasteiger partial charge on any atom is 0.249 e. The molecule has 3 rings (SSSR count). The average Bonchev–Trinajstić information content (AvgIpc) is 2.58. The van der Waals surface area contributed by atoms with Gasteiger partial charge in [0.25, 0.3) is 0 Å². The molecule has 0 bridgehead atoms. The van der Waals surface area contributed by atoms with Crippen molar-refractivity contribution in [1.29, 1.82) is 0 Å². The number of rotatable bonds is 5. The Kier molecular flexibility index (Phi) is 4.90. The summed E-state index contributed by atoms with van der Waals surface area (Å²) in [6, 6.07) is 15.9. The molecule has 122 valence electrons. The molecular formula is C17H17BrN6. The molecule has 7 heteroatoms. The fraction of sp³-hybridized carbons (Fsp3) is 0.118. The molecule has 1 heterocycles. The number of hydrogen-bond donors (Lipinski definition) is 2. The molecule has 0 saturated heterocycles. The van der Waals surface area contributed by atoms with Crippen LogP contribution in [0.2, 0.25) is 0 Å². The molecule has 0 radical (unpaired) electrons. The molecule has 24 heavy (non-hydrogen) atoms. The second-order valence-electron chi connectivity index (χ2n) is 5.36. The average molecular weight is 385 g/mol. The summed E-state index contributed by atoms with van der Waals surface area (Å²) in [6.07, 6.45) is 1.59. The van der Waals surface area contributed by atoms with Gasteiger partial charge in [-0.25, -0.2) is 0 Å². The van der Waals surface area contributed by atoms with Gasteiger partial charge in [-0.3, -0.25) is 0 Å². The topological polar surface area (TPSA) is 66.0 Å². The monoisotopic (exact) mass is 384 g/mol. The molecule has 2 aromatic carbocycles. The van der Waals surface area contributed by atoms with Crippen LogP contribution in [0.1, 0.15) is 0 Å². The quantitative estimate of drug-likeness (QED) is 0.687. The molecule has 0 aliphatic carbocycles. The first-order valence-corrected chi connectivity index (χ1v) is 8.16. The van der Waals surface area contributed by atoms with Crippen LogP contribution in [-0.4, -0.2) is 29.3 Å². The molecule has 1 aromatic heterocycles. The van der Waals surface area contributed by atoms with Crippen LogP contribution in [0.15, 0.2) is 59.2 Å². The zero-order valence-corrected chi connectivity index (χ0v) is 14.9. The molecule has 0 spiro atoms. The molecule has 0 unspecified atom stereocenters. The summed E-state index contributed by atoms with van der Waals surface area (Å²) in [4.78, 5) is 6.48. The van der Waals surface area contributed by atoms with E-state index >= 15 is 0 Å². The summed E-state index contributed by atoms with van der Waals surface area (Å²) in [7, 11) is 4.02. The molecule has 2 N–H and O–H groups in total. The number of nitrogens with one attached hydrogen (secondary N) is 2. The second-order valence-corrected chi connectivity index (χ2v) is 6.28. The largest absolute Gasteiger partial charge is 0.378 e. The molecule has 0 atom stereocenters. The van der Waals surface area contributed by atoms with E-state index in [1.807, 2.05) is 62.6 Å². The summed E-state index contributed by atoms with van der Waals surface area (Å²) < 4.78 is 1.02. The van der Waals surface area contributed by atoms with Crippen LogP contribution < -0.4 is 15.5 Å². The van der Waals surface area contributed by atoms with E-state index in [-0.39, 0.29) is 0 Å². The highest BCUT2D eigenvalue weighted by Gasteiger charge is 2.03. The zero-order valence-electron chi connectivity index (χ0n) is 13.4. The van der Waals surface area contributed by atoms with Gasteiger partial charge in [0.2, 0.25) is 5.95 Å². The van der Waals surface area contributed by atoms with Crippen LogP contribution in [0, 0.1) is 0 Å². The molecule has 0 amide bonds. The molecule has 3 aromatic rings. The number of nitrogens with zero attached hydrogens (tertiary/aromatic N) is 4. The van der Waals surface area contributed by atoms with Crippen molar-refractivity contribution < 1.29 is 0 Å². The zero-order chi connectivity index (χ0) is 16.9. The smallest absolute Gasteiger partial charge is 0.249 e. The Bertz CT molecular complexity index is 802. The Morgan fingerprint density at radius 3 is 2.17 bits per heavy atom. The lowest BCUT2D eigenvalue weighted by Crippen LogP contribution is -2.08. The van der Waals surface area contributed by atoms with Gasteiger partial charge < -0.3 is 15.5 Å². The van der Waals surface area contributed by atoms with Crippen molar-refractivity contribution in [2.24, 2.45) is 0 Å². The van der Waals surface area contributed by atoms with E-state index in [0.29, 0.717) is 11.8 Å². The third kappa shape index (κ3) is 4.20. The van der Waals surface area contributed by atoms with Crippen molar-refractivity contribution in [3.8, 4) is 0 Å². The maximum absolute atomic E-state index is 4.43. The molecule has 6 nitrogen and oxygen atoms in total. The van der Waals surface area contributed by atoms with Crippen LogP contribution >= 0.6 is 15.9 Å². The van der Waals surface area contributed by atoms with E-state index < -0.39 is 0 Å². The Balaban J connectivity index is 1.71. The molecule has 0 fully saturated rings. The van der Waals surface area contributed by atoms with Crippen molar-refractivity contribution in [3.05, 3.63) is 59.2 Å².